The van der Waals surface area contributed by atoms with Crippen molar-refractivity contribution in [3.63, 3.8) is 0 Å². The lowest BCUT2D eigenvalue weighted by molar-refractivity contribution is -0.0432. The minimum Gasteiger partial charge on any atom is -0.399 e. The van der Waals surface area contributed by atoms with Crippen LogP contribution in [0.5, 0.6) is 0 Å². The second kappa shape index (κ2) is 6.89. The molecule has 1 saturated carbocycles. The molecule has 23 heavy (non-hydrogen) atoms. The number of nitrogens with two attached hydrogens (primary N) is 1. The molecule has 0 aliphatic heterocycles. The van der Waals surface area contributed by atoms with Crippen molar-refractivity contribution in [1.82, 2.24) is 5.32 Å². The first-order valence-electron chi connectivity index (χ1n) is 8.07. The van der Waals surface area contributed by atoms with Crippen LogP contribution < -0.4 is 11.1 Å². The summed E-state index contributed by atoms with van der Waals surface area (Å²) in [6, 6.07) is 6.97. The minimum atomic E-state index is -0.208. The van der Waals surface area contributed by atoms with E-state index >= 15 is 0 Å². The highest BCUT2D eigenvalue weighted by Gasteiger charge is 2.51. The number of anilines is 1. The van der Waals surface area contributed by atoms with Gasteiger partial charge in [0.1, 0.15) is 0 Å². The fraction of sp³-hybridized carbons (Fsp3) is 0.611. The van der Waals surface area contributed by atoms with Gasteiger partial charge in [0, 0.05) is 36.4 Å². The van der Waals surface area contributed by atoms with E-state index in [1.807, 2.05) is 0 Å². The summed E-state index contributed by atoms with van der Waals surface area (Å²) in [4.78, 5) is 12.3. The zero-order valence-electron chi connectivity index (χ0n) is 14.5. The number of ether oxygens (including phenoxy) is 2. The van der Waals surface area contributed by atoms with Crippen molar-refractivity contribution in [1.29, 1.82) is 0 Å². The normalized spacial score (nSPS) is 23.6. The van der Waals surface area contributed by atoms with E-state index in [0.717, 1.165) is 12.8 Å². The molecule has 2 rings (SSSR count). The Morgan fingerprint density at radius 3 is 2.65 bits per heavy atom. The Labute approximate surface area is 138 Å². The first kappa shape index (κ1) is 17.8. The molecule has 1 aliphatic carbocycles. The first-order chi connectivity index (χ1) is 10.8. The highest BCUT2D eigenvalue weighted by atomic mass is 16.5. The number of benzene rings is 1. The molecule has 0 aromatic heterocycles. The van der Waals surface area contributed by atoms with Crippen molar-refractivity contribution in [3.05, 3.63) is 29.8 Å². The Bertz CT molecular complexity index is 542. The third kappa shape index (κ3) is 4.94. The van der Waals surface area contributed by atoms with Gasteiger partial charge in [0.15, 0.2) is 0 Å². The van der Waals surface area contributed by atoms with E-state index in [0.29, 0.717) is 30.4 Å². The zero-order chi connectivity index (χ0) is 17.1. The number of hydrogen-bond donors (Lipinski definition) is 2. The molecule has 1 aromatic rings. The number of nitrogen functional groups attached to an aromatic ring is 1. The highest BCUT2D eigenvalue weighted by Crippen LogP contribution is 2.44. The van der Waals surface area contributed by atoms with Crippen LogP contribution in [0.1, 0.15) is 44.0 Å². The van der Waals surface area contributed by atoms with Gasteiger partial charge in [-0.25, -0.2) is 0 Å². The van der Waals surface area contributed by atoms with Gasteiger partial charge in [-0.15, -0.1) is 0 Å². The molecule has 5 nitrogen and oxygen atoms in total. The summed E-state index contributed by atoms with van der Waals surface area (Å²) in [6.45, 7) is 7.54. The largest absolute Gasteiger partial charge is 0.399 e. The van der Waals surface area contributed by atoms with Gasteiger partial charge in [0.2, 0.25) is 0 Å². The van der Waals surface area contributed by atoms with Crippen LogP contribution in [0.25, 0.3) is 0 Å². The van der Waals surface area contributed by atoms with Crippen LogP contribution in [-0.2, 0) is 9.47 Å². The number of methoxy groups -OCH3 is 1. The summed E-state index contributed by atoms with van der Waals surface area (Å²) < 4.78 is 11.1. The maximum Gasteiger partial charge on any atom is 0.251 e. The predicted molar refractivity (Wildman–Crippen MR) is 91.4 cm³/mol. The summed E-state index contributed by atoms with van der Waals surface area (Å²) >= 11 is 0. The fourth-order valence-electron chi connectivity index (χ4n) is 2.56. The van der Waals surface area contributed by atoms with Gasteiger partial charge in [-0.1, -0.05) is 0 Å². The molecule has 1 amide bonds. The molecule has 5 heteroatoms. The molecule has 1 aromatic carbocycles. The van der Waals surface area contributed by atoms with Crippen LogP contribution in [0, 0.1) is 5.92 Å². The maximum atomic E-state index is 12.3. The van der Waals surface area contributed by atoms with Gasteiger partial charge < -0.3 is 20.5 Å². The highest BCUT2D eigenvalue weighted by molar-refractivity contribution is 5.95. The van der Waals surface area contributed by atoms with Crippen LogP contribution >= 0.6 is 0 Å². The minimum absolute atomic E-state index is 0.0614. The smallest absolute Gasteiger partial charge is 0.251 e. The van der Waals surface area contributed by atoms with Crippen molar-refractivity contribution in [3.8, 4) is 0 Å². The third-order valence-electron chi connectivity index (χ3n) is 4.57. The molecule has 3 N–H and O–H groups in total. The standard InChI is InChI=1S/C18H28N2O3/c1-17(2,9-10-22-4)23-12-14-11-18(14,3)20-16(21)13-5-7-15(19)8-6-13/h5-8,14H,9-12,19H2,1-4H3,(H,20,21). The van der Waals surface area contributed by atoms with Gasteiger partial charge in [0.25, 0.3) is 5.91 Å². The summed E-state index contributed by atoms with van der Waals surface area (Å²) in [6.07, 6.45) is 1.79. The summed E-state index contributed by atoms with van der Waals surface area (Å²) in [7, 11) is 1.70. The fourth-order valence-corrected chi connectivity index (χ4v) is 2.56. The van der Waals surface area contributed by atoms with E-state index in [4.69, 9.17) is 15.2 Å². The lowest BCUT2D eigenvalue weighted by Gasteiger charge is -2.25. The Kier molecular flexibility index (Phi) is 5.32. The van der Waals surface area contributed by atoms with Crippen molar-refractivity contribution >= 4 is 11.6 Å². The quantitative estimate of drug-likeness (QED) is 0.722. The van der Waals surface area contributed by atoms with Gasteiger partial charge >= 0.3 is 0 Å². The number of amides is 1. The molecule has 1 fully saturated rings. The Balaban J connectivity index is 1.81. The molecule has 0 radical (unpaired) electrons. The molecule has 0 spiro atoms. The molecule has 0 heterocycles. The zero-order valence-corrected chi connectivity index (χ0v) is 14.5. The van der Waals surface area contributed by atoms with Crippen molar-refractivity contribution < 1.29 is 14.3 Å². The number of nitrogens with one attached hydrogen (secondary N) is 1. The van der Waals surface area contributed by atoms with Gasteiger partial charge in [-0.05, 0) is 57.9 Å². The van der Waals surface area contributed by atoms with E-state index in [-0.39, 0.29) is 17.0 Å². The van der Waals surface area contributed by atoms with Gasteiger partial charge in [-0.2, -0.15) is 0 Å². The van der Waals surface area contributed by atoms with E-state index in [2.05, 4.69) is 26.1 Å². The van der Waals surface area contributed by atoms with Crippen LogP contribution in [0.15, 0.2) is 24.3 Å². The van der Waals surface area contributed by atoms with Gasteiger partial charge in [-0.3, -0.25) is 4.79 Å². The predicted octanol–water partition coefficient (Wildman–Crippen LogP) is 2.61. The van der Waals surface area contributed by atoms with Gasteiger partial charge in [0.05, 0.1) is 12.2 Å². The number of carbonyl (C=O) groups is 1. The van der Waals surface area contributed by atoms with Crippen LogP contribution in [0.3, 0.4) is 0 Å². The van der Waals surface area contributed by atoms with Crippen LogP contribution in [0.2, 0.25) is 0 Å². The third-order valence-corrected chi connectivity index (χ3v) is 4.57. The number of hydrogen-bond acceptors (Lipinski definition) is 4. The summed E-state index contributed by atoms with van der Waals surface area (Å²) in [5.74, 6) is 0.288. The Morgan fingerprint density at radius 1 is 1.39 bits per heavy atom. The molecule has 0 saturated heterocycles. The lowest BCUT2D eigenvalue weighted by Crippen LogP contribution is -2.37. The van der Waals surface area contributed by atoms with Crippen molar-refractivity contribution in [2.45, 2.75) is 44.8 Å². The average molecular weight is 320 g/mol. The lowest BCUT2D eigenvalue weighted by atomic mass is 10.1. The first-order valence-corrected chi connectivity index (χ1v) is 8.07. The number of rotatable bonds is 8. The average Bonchev–Trinajstić information content (AvgIpc) is 3.14. The molecule has 0 bridgehead atoms. The second-order valence-electron chi connectivity index (χ2n) is 7.21. The Morgan fingerprint density at radius 2 is 2.04 bits per heavy atom. The second-order valence-corrected chi connectivity index (χ2v) is 7.21. The van der Waals surface area contributed by atoms with E-state index in [1.165, 1.54) is 0 Å². The van der Waals surface area contributed by atoms with Crippen LogP contribution in [0.4, 0.5) is 5.69 Å². The van der Waals surface area contributed by atoms with E-state index < -0.39 is 0 Å². The monoisotopic (exact) mass is 320 g/mol. The molecule has 2 unspecified atom stereocenters. The summed E-state index contributed by atoms with van der Waals surface area (Å²) in [5.41, 5.74) is 6.54. The van der Waals surface area contributed by atoms with Crippen molar-refractivity contribution in [2.75, 3.05) is 26.1 Å². The van der Waals surface area contributed by atoms with E-state index in [1.54, 1.807) is 31.4 Å². The maximum absolute atomic E-state index is 12.3. The Hall–Kier alpha value is -1.59. The molecular weight excluding hydrogens is 292 g/mol. The number of carbonyl (C=O) groups excluding carboxylic acids is 1. The molecule has 128 valence electrons. The van der Waals surface area contributed by atoms with Crippen molar-refractivity contribution in [2.24, 2.45) is 5.92 Å². The topological polar surface area (TPSA) is 73.6 Å². The molecular formula is C18H28N2O3. The van der Waals surface area contributed by atoms with Crippen LogP contribution in [-0.4, -0.2) is 37.4 Å². The molecule has 2 atom stereocenters. The van der Waals surface area contributed by atoms with E-state index in [9.17, 15) is 4.79 Å². The molecule has 1 aliphatic rings. The summed E-state index contributed by atoms with van der Waals surface area (Å²) in [5, 5.41) is 3.11. The SMILES string of the molecule is COCCC(C)(C)OCC1CC1(C)NC(=O)c1ccc(N)cc1.